The Balaban J connectivity index is 1.74. The number of sulfonamides is 1. The van der Waals surface area contributed by atoms with Crippen molar-refractivity contribution < 1.29 is 13.2 Å². The van der Waals surface area contributed by atoms with Gasteiger partial charge in [0.05, 0.1) is 5.75 Å². The van der Waals surface area contributed by atoms with E-state index >= 15 is 0 Å². The molecule has 0 aromatic rings. The van der Waals surface area contributed by atoms with E-state index in [0.29, 0.717) is 12.3 Å². The minimum absolute atomic E-state index is 0.0607. The summed E-state index contributed by atoms with van der Waals surface area (Å²) in [6, 6.07) is 0. The summed E-state index contributed by atoms with van der Waals surface area (Å²) in [4.78, 5) is 11.6. The highest BCUT2D eigenvalue weighted by molar-refractivity contribution is 7.90. The van der Waals surface area contributed by atoms with Gasteiger partial charge >= 0.3 is 0 Å². The van der Waals surface area contributed by atoms with Crippen molar-refractivity contribution in [3.05, 3.63) is 0 Å². The predicted octanol–water partition coefficient (Wildman–Crippen LogP) is 2.20. The Morgan fingerprint density at radius 3 is 2.22 bits per heavy atom. The van der Waals surface area contributed by atoms with E-state index in [1.165, 1.54) is 19.3 Å². The highest BCUT2D eigenvalue weighted by atomic mass is 32.2. The molecule has 2 fully saturated rings. The Kier molecular flexibility index (Phi) is 4.65. The lowest BCUT2D eigenvalue weighted by atomic mass is 9.85. The normalized spacial score (nSPS) is 22.4. The molecule has 2 aliphatic carbocycles. The molecule has 2 rings (SSSR count). The third-order valence-electron chi connectivity index (χ3n) is 4.25. The number of nitrogens with one attached hydrogen (secondary N) is 1. The first-order valence-corrected chi connectivity index (χ1v) is 8.76. The predicted molar refractivity (Wildman–Crippen MR) is 70.5 cm³/mol. The molecule has 5 heteroatoms. The van der Waals surface area contributed by atoms with Crippen molar-refractivity contribution in [2.24, 2.45) is 11.8 Å². The van der Waals surface area contributed by atoms with Crippen LogP contribution in [0.2, 0.25) is 0 Å². The Labute approximate surface area is 110 Å². The average Bonchev–Trinajstić information content (AvgIpc) is 2.25. The van der Waals surface area contributed by atoms with Crippen LogP contribution >= 0.6 is 0 Å². The van der Waals surface area contributed by atoms with Crippen molar-refractivity contribution >= 4 is 15.9 Å². The Morgan fingerprint density at radius 1 is 1.00 bits per heavy atom. The fourth-order valence-corrected chi connectivity index (χ4v) is 3.97. The Morgan fingerprint density at radius 2 is 1.67 bits per heavy atom. The lowest BCUT2D eigenvalue weighted by Gasteiger charge is -2.24. The maximum atomic E-state index is 11.8. The molecule has 2 aliphatic rings. The molecule has 0 spiro atoms. The first-order valence-electron chi connectivity index (χ1n) is 7.11. The van der Waals surface area contributed by atoms with Gasteiger partial charge in [-0.3, -0.25) is 9.52 Å². The highest BCUT2D eigenvalue weighted by Gasteiger charge is 2.28. The summed E-state index contributed by atoms with van der Waals surface area (Å²) >= 11 is 0. The van der Waals surface area contributed by atoms with Crippen LogP contribution in [0.3, 0.4) is 0 Å². The summed E-state index contributed by atoms with van der Waals surface area (Å²) in [6.07, 6.45) is 9.43. The van der Waals surface area contributed by atoms with Crippen molar-refractivity contribution in [1.29, 1.82) is 0 Å². The average molecular weight is 273 g/mol. The Hall–Kier alpha value is -0.580. The molecule has 4 nitrogen and oxygen atoms in total. The van der Waals surface area contributed by atoms with E-state index in [1.54, 1.807) is 0 Å². The maximum Gasteiger partial charge on any atom is 0.236 e. The van der Waals surface area contributed by atoms with Gasteiger partial charge in [-0.15, -0.1) is 0 Å². The van der Waals surface area contributed by atoms with E-state index < -0.39 is 10.0 Å². The molecule has 1 amide bonds. The minimum Gasteiger partial charge on any atom is -0.274 e. The molecule has 0 heterocycles. The van der Waals surface area contributed by atoms with Gasteiger partial charge in [-0.1, -0.05) is 38.5 Å². The zero-order chi connectivity index (χ0) is 13.0. The van der Waals surface area contributed by atoms with Crippen molar-refractivity contribution in [3.63, 3.8) is 0 Å². The minimum atomic E-state index is -3.40. The Bertz CT molecular complexity index is 381. The van der Waals surface area contributed by atoms with Crippen LogP contribution in [0.1, 0.15) is 57.8 Å². The SMILES string of the molecule is O=C(NS(=O)(=O)CCC1CCCCC1)C1CCC1. The summed E-state index contributed by atoms with van der Waals surface area (Å²) in [6.45, 7) is 0. The summed E-state index contributed by atoms with van der Waals surface area (Å²) in [5, 5.41) is 0. The second kappa shape index (κ2) is 6.04. The molecular weight excluding hydrogens is 250 g/mol. The van der Waals surface area contributed by atoms with Gasteiger partial charge < -0.3 is 0 Å². The molecule has 0 aliphatic heterocycles. The number of rotatable bonds is 5. The molecule has 104 valence electrons. The summed E-state index contributed by atoms with van der Waals surface area (Å²) in [5.74, 6) is 0.296. The monoisotopic (exact) mass is 273 g/mol. The van der Waals surface area contributed by atoms with Crippen LogP contribution < -0.4 is 4.72 Å². The van der Waals surface area contributed by atoms with E-state index in [-0.39, 0.29) is 17.6 Å². The molecule has 0 radical (unpaired) electrons. The number of carbonyl (C=O) groups is 1. The standard InChI is InChI=1S/C13H23NO3S/c15-13(12-7-4-8-12)14-18(16,17)10-9-11-5-2-1-3-6-11/h11-12H,1-10H2,(H,14,15). The molecule has 1 N–H and O–H groups in total. The van der Waals surface area contributed by atoms with Gasteiger partial charge in [0.15, 0.2) is 0 Å². The molecule has 0 atom stereocenters. The van der Waals surface area contributed by atoms with Crippen LogP contribution in [0.25, 0.3) is 0 Å². The van der Waals surface area contributed by atoms with Crippen LogP contribution in [0.5, 0.6) is 0 Å². The van der Waals surface area contributed by atoms with Crippen LogP contribution in [0.4, 0.5) is 0 Å². The van der Waals surface area contributed by atoms with Gasteiger partial charge in [0.25, 0.3) is 0 Å². The quantitative estimate of drug-likeness (QED) is 0.835. The molecule has 0 saturated heterocycles. The largest absolute Gasteiger partial charge is 0.274 e. The van der Waals surface area contributed by atoms with E-state index in [9.17, 15) is 13.2 Å². The fraction of sp³-hybridized carbons (Fsp3) is 0.923. The number of carbonyl (C=O) groups excluding carboxylic acids is 1. The smallest absolute Gasteiger partial charge is 0.236 e. The van der Waals surface area contributed by atoms with Gasteiger partial charge in [-0.05, 0) is 25.2 Å². The lowest BCUT2D eigenvalue weighted by Crippen LogP contribution is -2.39. The number of amides is 1. The summed E-state index contributed by atoms with van der Waals surface area (Å²) in [7, 11) is -3.40. The number of hydrogen-bond donors (Lipinski definition) is 1. The van der Waals surface area contributed by atoms with Crippen molar-refractivity contribution in [1.82, 2.24) is 4.72 Å². The van der Waals surface area contributed by atoms with Crippen LogP contribution in [-0.4, -0.2) is 20.1 Å². The van der Waals surface area contributed by atoms with E-state index in [4.69, 9.17) is 0 Å². The van der Waals surface area contributed by atoms with E-state index in [2.05, 4.69) is 4.72 Å². The molecule has 18 heavy (non-hydrogen) atoms. The van der Waals surface area contributed by atoms with Gasteiger partial charge in [-0.25, -0.2) is 8.42 Å². The van der Waals surface area contributed by atoms with Gasteiger partial charge in [0.1, 0.15) is 0 Å². The zero-order valence-corrected chi connectivity index (χ0v) is 11.7. The van der Waals surface area contributed by atoms with Gasteiger partial charge in [0.2, 0.25) is 15.9 Å². The summed E-state index contributed by atoms with van der Waals surface area (Å²) in [5.41, 5.74) is 0. The molecular formula is C13H23NO3S. The molecule has 0 aromatic heterocycles. The molecule has 0 aromatic carbocycles. The van der Waals surface area contributed by atoms with Gasteiger partial charge in [-0.2, -0.15) is 0 Å². The lowest BCUT2D eigenvalue weighted by molar-refractivity contribution is -0.125. The highest BCUT2D eigenvalue weighted by Crippen LogP contribution is 2.28. The zero-order valence-electron chi connectivity index (χ0n) is 10.9. The van der Waals surface area contributed by atoms with E-state index in [1.807, 2.05) is 0 Å². The topological polar surface area (TPSA) is 63.2 Å². The van der Waals surface area contributed by atoms with Crippen molar-refractivity contribution in [3.8, 4) is 0 Å². The maximum absolute atomic E-state index is 11.8. The van der Waals surface area contributed by atoms with Crippen molar-refractivity contribution in [2.75, 3.05) is 5.75 Å². The molecule has 0 bridgehead atoms. The van der Waals surface area contributed by atoms with Crippen LogP contribution in [0, 0.1) is 11.8 Å². The third-order valence-corrected chi connectivity index (χ3v) is 5.54. The second-order valence-corrected chi connectivity index (χ2v) is 7.55. The first kappa shape index (κ1) is 13.8. The van der Waals surface area contributed by atoms with E-state index in [0.717, 1.165) is 32.1 Å². The summed E-state index contributed by atoms with van der Waals surface area (Å²) < 4.78 is 25.8. The second-order valence-electron chi connectivity index (χ2n) is 5.71. The third kappa shape index (κ3) is 3.97. The van der Waals surface area contributed by atoms with Crippen molar-refractivity contribution in [2.45, 2.75) is 57.8 Å². The van der Waals surface area contributed by atoms with Crippen LogP contribution in [0.15, 0.2) is 0 Å². The molecule has 0 unspecified atom stereocenters. The number of hydrogen-bond acceptors (Lipinski definition) is 3. The van der Waals surface area contributed by atoms with Crippen LogP contribution in [-0.2, 0) is 14.8 Å². The fourth-order valence-electron chi connectivity index (χ4n) is 2.76. The van der Waals surface area contributed by atoms with Gasteiger partial charge in [0, 0.05) is 5.92 Å². The molecule has 2 saturated carbocycles. The first-order chi connectivity index (χ1) is 8.57.